The summed E-state index contributed by atoms with van der Waals surface area (Å²) in [4.78, 5) is 21.3. The van der Waals surface area contributed by atoms with E-state index in [0.717, 1.165) is 58.1 Å². The Morgan fingerprint density at radius 3 is 2.78 bits per heavy atom. The Hall–Kier alpha value is -0.570. The van der Waals surface area contributed by atoms with Crippen LogP contribution in [0.4, 0.5) is 0 Å². The molecule has 0 saturated carbocycles. The number of carbonyl (C=O) groups is 1. The zero-order valence-corrected chi connectivity index (χ0v) is 16.5. The van der Waals surface area contributed by atoms with Crippen LogP contribution in [0.1, 0.15) is 32.6 Å². The average molecular weight is 435 g/mol. The zero-order chi connectivity index (χ0) is 15.4. The van der Waals surface area contributed by atoms with E-state index in [1.54, 1.807) is 0 Å². The van der Waals surface area contributed by atoms with Gasteiger partial charge in [0.05, 0.1) is 6.54 Å². The summed E-state index contributed by atoms with van der Waals surface area (Å²) < 4.78 is 0. The molecule has 3 aliphatic heterocycles. The Balaban J connectivity index is 0.00000192. The summed E-state index contributed by atoms with van der Waals surface area (Å²) in [5, 5.41) is 6.44. The molecule has 3 heterocycles. The molecule has 6 nitrogen and oxygen atoms in total. The van der Waals surface area contributed by atoms with E-state index in [0.29, 0.717) is 6.42 Å². The lowest BCUT2D eigenvalue weighted by Crippen LogP contribution is -2.51. The third-order valence-electron chi connectivity index (χ3n) is 5.12. The second-order valence-electron chi connectivity index (χ2n) is 6.91. The maximum atomic E-state index is 11.6. The Bertz CT molecular complexity index is 440. The maximum Gasteiger partial charge on any atom is 0.220 e. The maximum absolute atomic E-state index is 11.6. The summed E-state index contributed by atoms with van der Waals surface area (Å²) in [5.41, 5.74) is 0.128. The smallest absolute Gasteiger partial charge is 0.220 e. The molecule has 1 amide bonds. The van der Waals surface area contributed by atoms with E-state index in [-0.39, 0.29) is 35.3 Å². The fourth-order valence-electron chi connectivity index (χ4n) is 3.76. The van der Waals surface area contributed by atoms with Crippen molar-refractivity contribution in [2.45, 2.75) is 32.6 Å². The number of hydrogen-bond acceptors (Lipinski definition) is 3. The summed E-state index contributed by atoms with van der Waals surface area (Å²) >= 11 is 0. The number of hydrogen-bond donors (Lipinski definition) is 2. The predicted molar refractivity (Wildman–Crippen MR) is 103 cm³/mol. The van der Waals surface area contributed by atoms with Crippen LogP contribution in [0, 0.1) is 5.41 Å². The number of guanidine groups is 1. The van der Waals surface area contributed by atoms with Crippen LogP contribution in [0.25, 0.3) is 0 Å². The summed E-state index contributed by atoms with van der Waals surface area (Å²) in [7, 11) is 0. The number of nitrogens with one attached hydrogen (secondary N) is 2. The Morgan fingerprint density at radius 1 is 1.35 bits per heavy atom. The summed E-state index contributed by atoms with van der Waals surface area (Å²) in [6.07, 6.45) is 4.30. The normalized spacial score (nSPS) is 28.3. The second-order valence-corrected chi connectivity index (χ2v) is 6.91. The van der Waals surface area contributed by atoms with Gasteiger partial charge in [-0.05, 0) is 39.3 Å². The Morgan fingerprint density at radius 2 is 2.17 bits per heavy atom. The van der Waals surface area contributed by atoms with Crippen LogP contribution in [0.2, 0.25) is 0 Å². The molecular formula is C16H30IN5O. The van der Waals surface area contributed by atoms with Crippen LogP contribution in [0.3, 0.4) is 0 Å². The van der Waals surface area contributed by atoms with Crippen molar-refractivity contribution in [3.8, 4) is 0 Å². The summed E-state index contributed by atoms with van der Waals surface area (Å²) in [5.74, 6) is 1.24. The number of halogens is 1. The SMILES string of the molecule is CCNC(=NCCN1CCC1)N1CCCC2(CNC(=O)C2)C1.I. The lowest BCUT2D eigenvalue weighted by molar-refractivity contribution is -0.119. The molecule has 0 radical (unpaired) electrons. The van der Waals surface area contributed by atoms with Gasteiger partial charge in [0.25, 0.3) is 0 Å². The van der Waals surface area contributed by atoms with E-state index in [2.05, 4.69) is 27.4 Å². The van der Waals surface area contributed by atoms with Crippen molar-refractivity contribution in [3.05, 3.63) is 0 Å². The van der Waals surface area contributed by atoms with Gasteiger partial charge in [-0.25, -0.2) is 0 Å². The molecule has 1 spiro atoms. The molecule has 0 aliphatic carbocycles. The number of amides is 1. The largest absolute Gasteiger partial charge is 0.357 e. The summed E-state index contributed by atoms with van der Waals surface area (Å²) in [6.45, 7) is 10.2. The quantitative estimate of drug-likeness (QED) is 0.391. The molecule has 3 aliphatic rings. The van der Waals surface area contributed by atoms with Crippen molar-refractivity contribution in [3.63, 3.8) is 0 Å². The number of rotatable bonds is 4. The number of piperidine rings is 1. The first-order valence-corrected chi connectivity index (χ1v) is 8.73. The van der Waals surface area contributed by atoms with E-state index < -0.39 is 0 Å². The van der Waals surface area contributed by atoms with Gasteiger partial charge in [-0.1, -0.05) is 0 Å². The van der Waals surface area contributed by atoms with Crippen molar-refractivity contribution in [1.29, 1.82) is 0 Å². The van der Waals surface area contributed by atoms with Gasteiger partial charge in [-0.15, -0.1) is 24.0 Å². The molecule has 2 N–H and O–H groups in total. The molecule has 0 aromatic rings. The van der Waals surface area contributed by atoms with E-state index in [9.17, 15) is 4.79 Å². The van der Waals surface area contributed by atoms with E-state index in [1.807, 2.05) is 0 Å². The highest BCUT2D eigenvalue weighted by atomic mass is 127. The molecule has 0 bridgehead atoms. The lowest BCUT2D eigenvalue weighted by Gasteiger charge is -2.41. The number of likely N-dealkylation sites (tertiary alicyclic amines) is 2. The zero-order valence-electron chi connectivity index (χ0n) is 14.1. The topological polar surface area (TPSA) is 60.0 Å². The number of aliphatic imine (C=N–C) groups is 1. The lowest BCUT2D eigenvalue weighted by atomic mass is 9.79. The highest BCUT2D eigenvalue weighted by Crippen LogP contribution is 2.35. The molecule has 3 saturated heterocycles. The van der Waals surface area contributed by atoms with Crippen molar-refractivity contribution >= 4 is 35.8 Å². The highest BCUT2D eigenvalue weighted by Gasteiger charge is 2.42. The molecule has 3 fully saturated rings. The number of carbonyl (C=O) groups excluding carboxylic acids is 1. The minimum atomic E-state index is 0. The van der Waals surface area contributed by atoms with E-state index >= 15 is 0 Å². The first-order valence-electron chi connectivity index (χ1n) is 8.73. The fourth-order valence-corrected chi connectivity index (χ4v) is 3.76. The molecule has 0 aromatic carbocycles. The van der Waals surface area contributed by atoms with Crippen LogP contribution in [0.15, 0.2) is 4.99 Å². The van der Waals surface area contributed by atoms with Crippen molar-refractivity contribution in [2.75, 3.05) is 52.4 Å². The van der Waals surface area contributed by atoms with Crippen LogP contribution in [-0.4, -0.2) is 74.0 Å². The van der Waals surface area contributed by atoms with Crippen LogP contribution < -0.4 is 10.6 Å². The first kappa shape index (κ1) is 18.8. The second kappa shape index (κ2) is 8.50. The molecule has 0 aromatic heterocycles. The van der Waals surface area contributed by atoms with Gasteiger partial charge < -0.3 is 20.4 Å². The third-order valence-corrected chi connectivity index (χ3v) is 5.12. The average Bonchev–Trinajstić information content (AvgIpc) is 2.81. The van der Waals surface area contributed by atoms with Gasteiger partial charge in [0.15, 0.2) is 5.96 Å². The minimum Gasteiger partial charge on any atom is -0.357 e. The highest BCUT2D eigenvalue weighted by molar-refractivity contribution is 14.0. The third kappa shape index (κ3) is 4.71. The summed E-state index contributed by atoms with van der Waals surface area (Å²) in [6, 6.07) is 0. The van der Waals surface area contributed by atoms with Crippen LogP contribution in [0.5, 0.6) is 0 Å². The van der Waals surface area contributed by atoms with E-state index in [1.165, 1.54) is 19.5 Å². The van der Waals surface area contributed by atoms with Gasteiger partial charge in [-0.3, -0.25) is 9.79 Å². The van der Waals surface area contributed by atoms with Crippen molar-refractivity contribution < 1.29 is 4.79 Å². The monoisotopic (exact) mass is 435 g/mol. The Labute approximate surface area is 156 Å². The van der Waals surface area contributed by atoms with Gasteiger partial charge in [-0.2, -0.15) is 0 Å². The minimum absolute atomic E-state index is 0. The van der Waals surface area contributed by atoms with Crippen molar-refractivity contribution in [1.82, 2.24) is 20.4 Å². The molecule has 1 atom stereocenters. The first-order chi connectivity index (χ1) is 10.7. The molecule has 23 heavy (non-hydrogen) atoms. The molecular weight excluding hydrogens is 405 g/mol. The molecule has 132 valence electrons. The standard InChI is InChI=1S/C16H29N5O.HI/c1-2-17-15(18-6-10-20-7-4-8-20)21-9-3-5-16(13-21)11-14(22)19-12-16;/h2-13H2,1H3,(H,17,18)(H,19,22);1H. The Kier molecular flexibility index (Phi) is 6.94. The van der Waals surface area contributed by atoms with Crippen LogP contribution >= 0.6 is 24.0 Å². The van der Waals surface area contributed by atoms with Gasteiger partial charge in [0, 0.05) is 44.6 Å². The molecule has 7 heteroatoms. The fraction of sp³-hybridized carbons (Fsp3) is 0.875. The van der Waals surface area contributed by atoms with Gasteiger partial charge >= 0.3 is 0 Å². The number of nitrogens with zero attached hydrogens (tertiary/aromatic N) is 3. The predicted octanol–water partition coefficient (Wildman–Crippen LogP) is 0.878. The molecule has 1 unspecified atom stereocenters. The van der Waals surface area contributed by atoms with Crippen molar-refractivity contribution in [2.24, 2.45) is 10.4 Å². The van der Waals surface area contributed by atoms with Gasteiger partial charge in [0.2, 0.25) is 5.91 Å². The van der Waals surface area contributed by atoms with E-state index in [4.69, 9.17) is 4.99 Å². The van der Waals surface area contributed by atoms with Gasteiger partial charge in [0.1, 0.15) is 0 Å². The van der Waals surface area contributed by atoms with Crippen LogP contribution in [-0.2, 0) is 4.79 Å². The molecule has 3 rings (SSSR count).